The predicted molar refractivity (Wildman–Crippen MR) is 59.9 cm³/mol. The van der Waals surface area contributed by atoms with E-state index < -0.39 is 0 Å². The molecule has 0 bridgehead atoms. The highest BCUT2D eigenvalue weighted by Gasteiger charge is 2.12. The van der Waals surface area contributed by atoms with Crippen LogP contribution in [0.1, 0.15) is 11.5 Å². The number of fused-ring (bicyclic) bond motifs is 1. The highest BCUT2D eigenvalue weighted by atomic mass is 19.1. The van der Waals surface area contributed by atoms with Gasteiger partial charge in [-0.2, -0.15) is 0 Å². The van der Waals surface area contributed by atoms with E-state index in [0.717, 1.165) is 5.56 Å². The molecule has 0 amide bonds. The van der Waals surface area contributed by atoms with Gasteiger partial charge >= 0.3 is 0 Å². The zero-order chi connectivity index (χ0) is 11.8. The molecule has 2 N–H and O–H groups in total. The molecule has 5 heteroatoms. The third-order valence-corrected chi connectivity index (χ3v) is 2.46. The number of hydrogen-bond donors (Lipinski definition) is 1. The Morgan fingerprint density at radius 3 is 3.00 bits per heavy atom. The summed E-state index contributed by atoms with van der Waals surface area (Å²) in [6.45, 7) is 0. The third-order valence-electron chi connectivity index (χ3n) is 2.46. The van der Waals surface area contributed by atoms with E-state index in [4.69, 9.17) is 14.6 Å². The Bertz CT molecular complexity index is 672. The summed E-state index contributed by atoms with van der Waals surface area (Å²) in [5.74, 6) is 0.420. The summed E-state index contributed by atoms with van der Waals surface area (Å²) in [7, 11) is 0. The quantitative estimate of drug-likeness (QED) is 0.737. The largest absolute Gasteiger partial charge is 0.443 e. The second kappa shape index (κ2) is 3.62. The van der Waals surface area contributed by atoms with Crippen LogP contribution in [0.5, 0.6) is 0 Å². The number of nitrogens with two attached hydrogens (primary N) is 1. The molecule has 2 aromatic heterocycles. The summed E-state index contributed by atoms with van der Waals surface area (Å²) in [6.07, 6.45) is 1.86. The van der Waals surface area contributed by atoms with E-state index in [1.165, 1.54) is 18.4 Å². The molecule has 86 valence electrons. The molecule has 0 radical (unpaired) electrons. The Morgan fingerprint density at radius 1 is 1.35 bits per heavy atom. The van der Waals surface area contributed by atoms with E-state index in [1.807, 2.05) is 6.07 Å². The lowest BCUT2D eigenvalue weighted by atomic mass is 10.1. The molecule has 0 fully saturated rings. The maximum absolute atomic E-state index is 13.0. The van der Waals surface area contributed by atoms with Crippen molar-refractivity contribution in [2.75, 3.05) is 5.73 Å². The molecule has 0 saturated carbocycles. The van der Waals surface area contributed by atoms with Crippen LogP contribution in [0.4, 0.5) is 10.3 Å². The molecule has 0 spiro atoms. The molecule has 1 aromatic carbocycles. The van der Waals surface area contributed by atoms with Crippen LogP contribution in [0.15, 0.2) is 39.4 Å². The number of furan rings is 1. The summed E-state index contributed by atoms with van der Waals surface area (Å²) < 4.78 is 23.4. The fourth-order valence-electron chi connectivity index (χ4n) is 1.70. The molecule has 0 unspecified atom stereocenters. The number of halogens is 1. The zero-order valence-electron chi connectivity index (χ0n) is 8.81. The molecule has 4 nitrogen and oxygen atoms in total. The van der Waals surface area contributed by atoms with Crippen LogP contribution in [0.2, 0.25) is 0 Å². The average Bonchev–Trinajstić information content (AvgIpc) is 2.82. The van der Waals surface area contributed by atoms with Gasteiger partial charge in [0.1, 0.15) is 12.1 Å². The van der Waals surface area contributed by atoms with Crippen LogP contribution >= 0.6 is 0 Å². The third kappa shape index (κ3) is 1.75. The van der Waals surface area contributed by atoms with Crippen LogP contribution in [0.25, 0.3) is 11.1 Å². The van der Waals surface area contributed by atoms with Crippen molar-refractivity contribution in [3.8, 4) is 0 Å². The lowest BCUT2D eigenvalue weighted by molar-refractivity contribution is 0.524. The van der Waals surface area contributed by atoms with Crippen molar-refractivity contribution in [3.05, 3.63) is 47.8 Å². The van der Waals surface area contributed by atoms with Crippen molar-refractivity contribution in [2.45, 2.75) is 6.42 Å². The van der Waals surface area contributed by atoms with Gasteiger partial charge in [0.15, 0.2) is 11.4 Å². The van der Waals surface area contributed by atoms with Gasteiger partial charge in [-0.25, -0.2) is 9.37 Å². The molecular weight excluding hydrogens is 223 g/mol. The van der Waals surface area contributed by atoms with Crippen LogP contribution in [-0.4, -0.2) is 4.98 Å². The Kier molecular flexibility index (Phi) is 2.11. The van der Waals surface area contributed by atoms with Crippen LogP contribution in [-0.2, 0) is 6.42 Å². The average molecular weight is 232 g/mol. The van der Waals surface area contributed by atoms with E-state index in [1.54, 1.807) is 6.07 Å². The fourth-order valence-corrected chi connectivity index (χ4v) is 1.70. The first-order valence-corrected chi connectivity index (χ1v) is 5.09. The molecule has 0 saturated heterocycles. The maximum Gasteiger partial charge on any atom is 0.235 e. The Hall–Kier alpha value is -2.30. The molecule has 2 heterocycles. The molecule has 0 aliphatic heterocycles. The molecule has 0 aliphatic carbocycles. The van der Waals surface area contributed by atoms with Gasteiger partial charge < -0.3 is 14.6 Å². The first kappa shape index (κ1) is 9.89. The molecular formula is C12H9FN2O2. The number of benzene rings is 1. The van der Waals surface area contributed by atoms with Gasteiger partial charge in [0.25, 0.3) is 0 Å². The van der Waals surface area contributed by atoms with Gasteiger partial charge in [-0.3, -0.25) is 0 Å². The second-order valence-corrected chi connectivity index (χ2v) is 3.73. The van der Waals surface area contributed by atoms with Crippen molar-refractivity contribution in [1.82, 2.24) is 4.98 Å². The minimum atomic E-state index is -0.275. The molecule has 3 aromatic rings. The number of oxazole rings is 1. The number of rotatable bonds is 2. The molecule has 17 heavy (non-hydrogen) atoms. The van der Waals surface area contributed by atoms with Crippen molar-refractivity contribution in [1.29, 1.82) is 0 Å². The summed E-state index contributed by atoms with van der Waals surface area (Å²) in [5, 5.41) is 0. The van der Waals surface area contributed by atoms with E-state index in [0.29, 0.717) is 23.4 Å². The second-order valence-electron chi connectivity index (χ2n) is 3.73. The summed E-state index contributed by atoms with van der Waals surface area (Å²) >= 11 is 0. The Balaban J connectivity index is 1.94. The predicted octanol–water partition coefficient (Wildman–Crippen LogP) is 2.73. The minimum absolute atomic E-state index is 0.206. The van der Waals surface area contributed by atoms with Gasteiger partial charge in [-0.05, 0) is 17.7 Å². The van der Waals surface area contributed by atoms with Crippen LogP contribution in [0, 0.1) is 5.82 Å². The number of nitrogens with zero attached hydrogens (tertiary/aromatic N) is 1. The van der Waals surface area contributed by atoms with Gasteiger partial charge in [-0.1, -0.05) is 12.1 Å². The first-order valence-electron chi connectivity index (χ1n) is 5.09. The monoisotopic (exact) mass is 232 g/mol. The summed E-state index contributed by atoms with van der Waals surface area (Å²) in [6, 6.07) is 6.30. The van der Waals surface area contributed by atoms with Crippen molar-refractivity contribution in [3.63, 3.8) is 0 Å². The lowest BCUT2D eigenvalue weighted by Crippen LogP contribution is -1.88. The summed E-state index contributed by atoms with van der Waals surface area (Å²) in [4.78, 5) is 4.20. The van der Waals surface area contributed by atoms with E-state index in [-0.39, 0.29) is 11.7 Å². The van der Waals surface area contributed by atoms with Crippen molar-refractivity contribution >= 4 is 17.0 Å². The van der Waals surface area contributed by atoms with Crippen molar-refractivity contribution < 1.29 is 13.2 Å². The maximum atomic E-state index is 13.0. The van der Waals surface area contributed by atoms with Crippen LogP contribution < -0.4 is 5.73 Å². The van der Waals surface area contributed by atoms with Crippen molar-refractivity contribution in [2.24, 2.45) is 0 Å². The van der Waals surface area contributed by atoms with Gasteiger partial charge in [0.2, 0.25) is 11.5 Å². The number of nitrogen functional groups attached to an aromatic ring is 1. The number of hydrogen-bond acceptors (Lipinski definition) is 4. The summed E-state index contributed by atoms with van der Waals surface area (Å²) in [5.41, 5.74) is 7.36. The topological polar surface area (TPSA) is 65.2 Å². The van der Waals surface area contributed by atoms with E-state index in [2.05, 4.69) is 4.98 Å². The van der Waals surface area contributed by atoms with Gasteiger partial charge in [0.05, 0.1) is 0 Å². The number of aromatic nitrogens is 1. The number of anilines is 1. The van der Waals surface area contributed by atoms with Gasteiger partial charge in [0, 0.05) is 6.42 Å². The minimum Gasteiger partial charge on any atom is -0.443 e. The lowest BCUT2D eigenvalue weighted by Gasteiger charge is -1.96. The molecule has 3 rings (SSSR count). The standard InChI is InChI=1S/C12H9FN2O2/c13-8-3-1-2-7(4-8)5-10-15-9-6-16-12(14)11(9)17-10/h1-4,6H,5,14H2. The Morgan fingerprint density at radius 2 is 2.24 bits per heavy atom. The fraction of sp³-hybridized carbons (Fsp3) is 0.0833. The zero-order valence-corrected chi connectivity index (χ0v) is 8.81. The normalized spacial score (nSPS) is 11.1. The van der Waals surface area contributed by atoms with E-state index >= 15 is 0 Å². The molecule has 0 aliphatic rings. The molecule has 0 atom stereocenters. The highest BCUT2D eigenvalue weighted by molar-refractivity contribution is 5.81. The highest BCUT2D eigenvalue weighted by Crippen LogP contribution is 2.24. The van der Waals surface area contributed by atoms with Crippen LogP contribution in [0.3, 0.4) is 0 Å². The van der Waals surface area contributed by atoms with E-state index in [9.17, 15) is 4.39 Å². The van der Waals surface area contributed by atoms with Gasteiger partial charge in [-0.15, -0.1) is 0 Å². The smallest absolute Gasteiger partial charge is 0.235 e. The SMILES string of the molecule is Nc1occ2nc(Cc3cccc(F)c3)oc12. The Labute approximate surface area is 95.8 Å². The first-order chi connectivity index (χ1) is 8.22.